The van der Waals surface area contributed by atoms with Crippen LogP contribution < -0.4 is 5.73 Å². The molecule has 122 valence electrons. The van der Waals surface area contributed by atoms with Crippen molar-refractivity contribution in [3.8, 4) is 0 Å². The van der Waals surface area contributed by atoms with Gasteiger partial charge in [0, 0.05) is 6.61 Å². The zero-order chi connectivity index (χ0) is 15.1. The summed E-state index contributed by atoms with van der Waals surface area (Å²) in [5.41, 5.74) is 5.71. The molecule has 2 unspecified atom stereocenters. The minimum atomic E-state index is 0.0767. The second kappa shape index (κ2) is 15.8. The van der Waals surface area contributed by atoms with Crippen molar-refractivity contribution in [2.24, 2.45) is 5.73 Å². The van der Waals surface area contributed by atoms with E-state index in [1.54, 1.807) is 0 Å². The van der Waals surface area contributed by atoms with Crippen LogP contribution in [0.25, 0.3) is 0 Å². The van der Waals surface area contributed by atoms with E-state index in [9.17, 15) is 0 Å². The van der Waals surface area contributed by atoms with E-state index in [4.69, 9.17) is 10.5 Å². The van der Waals surface area contributed by atoms with E-state index in [0.717, 1.165) is 13.0 Å². The zero-order valence-corrected chi connectivity index (χ0v) is 15.3. The second-order valence-electron chi connectivity index (χ2n) is 5.85. The van der Waals surface area contributed by atoms with Crippen LogP contribution in [0.3, 0.4) is 0 Å². The molecule has 2 nitrogen and oxygen atoms in total. The van der Waals surface area contributed by atoms with Gasteiger partial charge in [-0.15, -0.1) is 0 Å². The van der Waals surface area contributed by atoms with Crippen LogP contribution in [0.2, 0.25) is 0 Å². The van der Waals surface area contributed by atoms with Gasteiger partial charge in [0.1, 0.15) is 0 Å². The Morgan fingerprint density at radius 1 is 0.800 bits per heavy atom. The lowest BCUT2D eigenvalue weighted by Gasteiger charge is -2.18. The standard InChI is InChI=1S/C17H36BrNO/c1-3-5-7-8-9-11-13-16(12-10-6-4-2)20-15-14-17(18)19/h16-17H,3-15,19H2,1-2H3. The van der Waals surface area contributed by atoms with E-state index in [1.807, 2.05) is 0 Å². The summed E-state index contributed by atoms with van der Waals surface area (Å²) < 4.78 is 6.02. The molecule has 0 aromatic carbocycles. The Hall–Kier alpha value is 0.400. The highest BCUT2D eigenvalue weighted by molar-refractivity contribution is 9.09. The van der Waals surface area contributed by atoms with Crippen LogP contribution in [0, 0.1) is 0 Å². The average Bonchev–Trinajstić information content (AvgIpc) is 2.42. The van der Waals surface area contributed by atoms with Crippen molar-refractivity contribution in [1.82, 2.24) is 0 Å². The first-order valence-corrected chi connectivity index (χ1v) is 9.63. The largest absolute Gasteiger partial charge is 0.378 e. The predicted molar refractivity (Wildman–Crippen MR) is 93.4 cm³/mol. The molecule has 0 aliphatic rings. The Balaban J connectivity index is 3.68. The number of rotatable bonds is 15. The molecule has 0 saturated carbocycles. The van der Waals surface area contributed by atoms with Crippen molar-refractivity contribution in [1.29, 1.82) is 0 Å². The molecule has 0 aliphatic heterocycles. The van der Waals surface area contributed by atoms with Crippen molar-refractivity contribution in [2.45, 2.75) is 102 Å². The summed E-state index contributed by atoms with van der Waals surface area (Å²) >= 11 is 3.37. The predicted octanol–water partition coefficient (Wildman–Crippen LogP) is 5.77. The summed E-state index contributed by atoms with van der Waals surface area (Å²) in [6.45, 7) is 5.32. The van der Waals surface area contributed by atoms with Gasteiger partial charge in [-0.25, -0.2) is 0 Å². The molecular formula is C17H36BrNO. The maximum absolute atomic E-state index is 6.02. The third-order valence-electron chi connectivity index (χ3n) is 3.76. The van der Waals surface area contributed by atoms with E-state index in [0.29, 0.717) is 6.10 Å². The number of hydrogen-bond donors (Lipinski definition) is 1. The Bertz CT molecular complexity index is 188. The maximum Gasteiger partial charge on any atom is 0.0627 e. The lowest BCUT2D eigenvalue weighted by atomic mass is 10.0. The van der Waals surface area contributed by atoms with Crippen LogP contribution in [0.15, 0.2) is 0 Å². The minimum Gasteiger partial charge on any atom is -0.378 e. The molecule has 0 aliphatic carbocycles. The van der Waals surface area contributed by atoms with Gasteiger partial charge >= 0.3 is 0 Å². The minimum absolute atomic E-state index is 0.0767. The number of ether oxygens (including phenoxy) is 1. The SMILES string of the molecule is CCCCCCCCC(CCCCC)OCCC(N)Br. The quantitative estimate of drug-likeness (QED) is 0.231. The second-order valence-corrected chi connectivity index (χ2v) is 7.03. The molecule has 0 bridgehead atoms. The van der Waals surface area contributed by atoms with Gasteiger partial charge in [0.15, 0.2) is 0 Å². The molecule has 2 N–H and O–H groups in total. The van der Waals surface area contributed by atoms with Crippen molar-refractivity contribution >= 4 is 15.9 Å². The van der Waals surface area contributed by atoms with Gasteiger partial charge in [0.2, 0.25) is 0 Å². The topological polar surface area (TPSA) is 35.2 Å². The molecule has 0 fully saturated rings. The third kappa shape index (κ3) is 14.8. The number of nitrogens with two attached hydrogens (primary N) is 1. The summed E-state index contributed by atoms with van der Waals surface area (Å²) in [6, 6.07) is 0. The molecule has 0 spiro atoms. The molecule has 0 amide bonds. The smallest absolute Gasteiger partial charge is 0.0627 e. The van der Waals surface area contributed by atoms with Crippen LogP contribution in [-0.4, -0.2) is 17.7 Å². The van der Waals surface area contributed by atoms with E-state index >= 15 is 0 Å². The Morgan fingerprint density at radius 2 is 1.30 bits per heavy atom. The molecule has 2 atom stereocenters. The highest BCUT2D eigenvalue weighted by Crippen LogP contribution is 2.16. The van der Waals surface area contributed by atoms with Crippen LogP contribution in [0.1, 0.15) is 90.9 Å². The summed E-state index contributed by atoms with van der Waals surface area (Å²) in [4.78, 5) is 0.0767. The normalized spacial score (nSPS) is 14.4. The average molecular weight is 350 g/mol. The highest BCUT2D eigenvalue weighted by Gasteiger charge is 2.09. The summed E-state index contributed by atoms with van der Waals surface area (Å²) in [7, 11) is 0. The van der Waals surface area contributed by atoms with E-state index < -0.39 is 0 Å². The van der Waals surface area contributed by atoms with E-state index in [1.165, 1.54) is 70.6 Å². The fraction of sp³-hybridized carbons (Fsp3) is 1.00. The highest BCUT2D eigenvalue weighted by atomic mass is 79.9. The molecule has 3 heteroatoms. The Morgan fingerprint density at radius 3 is 1.90 bits per heavy atom. The number of halogens is 1. The first kappa shape index (κ1) is 20.4. The van der Waals surface area contributed by atoms with Crippen LogP contribution >= 0.6 is 15.9 Å². The van der Waals surface area contributed by atoms with Crippen LogP contribution in [0.4, 0.5) is 0 Å². The first-order chi connectivity index (χ1) is 9.70. The van der Waals surface area contributed by atoms with Crippen molar-refractivity contribution in [3.63, 3.8) is 0 Å². The molecule has 0 rings (SSSR count). The fourth-order valence-corrected chi connectivity index (χ4v) is 2.62. The first-order valence-electron chi connectivity index (χ1n) is 8.71. The number of alkyl halides is 1. The van der Waals surface area contributed by atoms with E-state index in [-0.39, 0.29) is 4.95 Å². The number of hydrogen-bond acceptors (Lipinski definition) is 2. The number of unbranched alkanes of at least 4 members (excludes halogenated alkanes) is 7. The van der Waals surface area contributed by atoms with Crippen LogP contribution in [0.5, 0.6) is 0 Å². The summed E-state index contributed by atoms with van der Waals surface area (Å²) in [6.07, 6.45) is 15.9. The molecule has 0 radical (unpaired) electrons. The van der Waals surface area contributed by atoms with Gasteiger partial charge < -0.3 is 10.5 Å². The summed E-state index contributed by atoms with van der Waals surface area (Å²) in [5, 5.41) is 0. The van der Waals surface area contributed by atoms with Gasteiger partial charge in [-0.3, -0.25) is 0 Å². The Labute approximate surface area is 135 Å². The lowest BCUT2D eigenvalue weighted by Crippen LogP contribution is -2.19. The third-order valence-corrected chi connectivity index (χ3v) is 4.21. The maximum atomic E-state index is 6.02. The molecular weight excluding hydrogens is 314 g/mol. The van der Waals surface area contributed by atoms with Crippen LogP contribution in [-0.2, 0) is 4.74 Å². The monoisotopic (exact) mass is 349 g/mol. The van der Waals surface area contributed by atoms with Gasteiger partial charge in [0.05, 0.1) is 11.1 Å². The van der Waals surface area contributed by atoms with E-state index in [2.05, 4.69) is 29.8 Å². The molecule has 0 saturated heterocycles. The summed E-state index contributed by atoms with van der Waals surface area (Å²) in [5.74, 6) is 0. The molecule has 0 aromatic heterocycles. The van der Waals surface area contributed by atoms with Crippen molar-refractivity contribution in [3.05, 3.63) is 0 Å². The lowest BCUT2D eigenvalue weighted by molar-refractivity contribution is 0.0370. The fourth-order valence-electron chi connectivity index (χ4n) is 2.43. The molecule has 0 aromatic rings. The zero-order valence-electron chi connectivity index (χ0n) is 13.7. The molecule has 0 heterocycles. The van der Waals surface area contributed by atoms with Gasteiger partial charge in [-0.1, -0.05) is 87.6 Å². The van der Waals surface area contributed by atoms with Crippen molar-refractivity contribution in [2.75, 3.05) is 6.61 Å². The Kier molecular flexibility index (Phi) is 16.1. The van der Waals surface area contributed by atoms with Gasteiger partial charge in [0.25, 0.3) is 0 Å². The molecule has 20 heavy (non-hydrogen) atoms. The van der Waals surface area contributed by atoms with Gasteiger partial charge in [-0.05, 0) is 19.3 Å². The van der Waals surface area contributed by atoms with Crippen molar-refractivity contribution < 1.29 is 4.74 Å². The van der Waals surface area contributed by atoms with Gasteiger partial charge in [-0.2, -0.15) is 0 Å².